The van der Waals surface area contributed by atoms with E-state index >= 15 is 0 Å². The minimum absolute atomic E-state index is 0.125. The molecule has 3 nitrogen and oxygen atoms in total. The molecule has 2 aromatic rings. The van der Waals surface area contributed by atoms with Gasteiger partial charge in [0, 0.05) is 66.4 Å². The molecule has 2 aromatic carbocycles. The summed E-state index contributed by atoms with van der Waals surface area (Å²) < 4.78 is 14.4. The first kappa shape index (κ1) is 21.9. The minimum atomic E-state index is -0.909. The number of hydrogen-bond donors (Lipinski definition) is 1. The SMILES string of the molecule is OC1(Cc2c(F)cccc2Cl)CCCCC1CN1CCN(c2cccc(Cl)c2)CC1. The van der Waals surface area contributed by atoms with Gasteiger partial charge in [0.2, 0.25) is 0 Å². The van der Waals surface area contributed by atoms with E-state index in [-0.39, 0.29) is 18.2 Å². The van der Waals surface area contributed by atoms with E-state index in [1.807, 2.05) is 18.2 Å². The van der Waals surface area contributed by atoms with Gasteiger partial charge in [-0.1, -0.05) is 48.2 Å². The normalized spacial score (nSPS) is 25.5. The summed E-state index contributed by atoms with van der Waals surface area (Å²) in [6.07, 6.45) is 4.04. The zero-order chi connectivity index (χ0) is 21.1. The Hall–Kier alpha value is -1.33. The lowest BCUT2D eigenvalue weighted by atomic mass is 9.72. The Bertz CT molecular complexity index is 852. The number of benzene rings is 2. The molecule has 1 heterocycles. The number of rotatable bonds is 5. The van der Waals surface area contributed by atoms with E-state index in [0.29, 0.717) is 17.0 Å². The zero-order valence-electron chi connectivity index (χ0n) is 17.2. The van der Waals surface area contributed by atoms with Crippen LogP contribution in [-0.4, -0.2) is 48.3 Å². The quantitative estimate of drug-likeness (QED) is 0.658. The molecule has 2 fully saturated rings. The third-order valence-corrected chi connectivity index (χ3v) is 7.33. The molecule has 1 saturated carbocycles. The molecule has 1 aliphatic heterocycles. The molecule has 2 aliphatic rings. The van der Waals surface area contributed by atoms with Crippen LogP contribution in [0.3, 0.4) is 0 Å². The summed E-state index contributed by atoms with van der Waals surface area (Å²) in [4.78, 5) is 4.79. The zero-order valence-corrected chi connectivity index (χ0v) is 18.7. The molecule has 1 N–H and O–H groups in total. The van der Waals surface area contributed by atoms with Crippen molar-refractivity contribution >= 4 is 28.9 Å². The van der Waals surface area contributed by atoms with E-state index < -0.39 is 5.60 Å². The van der Waals surface area contributed by atoms with Crippen molar-refractivity contribution in [3.63, 3.8) is 0 Å². The smallest absolute Gasteiger partial charge is 0.127 e. The fraction of sp³-hybridized carbons (Fsp3) is 0.500. The third-order valence-electron chi connectivity index (χ3n) is 6.74. The molecule has 1 saturated heterocycles. The molecule has 0 spiro atoms. The molecular weight excluding hydrogens is 422 g/mol. The highest BCUT2D eigenvalue weighted by molar-refractivity contribution is 6.31. The van der Waals surface area contributed by atoms with E-state index in [2.05, 4.69) is 15.9 Å². The molecule has 30 heavy (non-hydrogen) atoms. The molecule has 6 heteroatoms. The molecule has 0 aromatic heterocycles. The van der Waals surface area contributed by atoms with Crippen LogP contribution < -0.4 is 4.90 Å². The van der Waals surface area contributed by atoms with Crippen LogP contribution in [0.25, 0.3) is 0 Å². The van der Waals surface area contributed by atoms with Crippen molar-refractivity contribution in [1.29, 1.82) is 0 Å². The number of aliphatic hydroxyl groups is 1. The Morgan fingerprint density at radius 3 is 2.53 bits per heavy atom. The van der Waals surface area contributed by atoms with E-state index in [4.69, 9.17) is 23.2 Å². The largest absolute Gasteiger partial charge is 0.389 e. The molecule has 162 valence electrons. The Kier molecular flexibility index (Phi) is 6.88. The predicted molar refractivity (Wildman–Crippen MR) is 122 cm³/mol. The lowest BCUT2D eigenvalue weighted by molar-refractivity contribution is -0.0599. The molecule has 4 rings (SSSR count). The standard InChI is InChI=1S/C24H29Cl2FN2O/c25-19-6-3-7-20(15-19)29-13-11-28(12-14-29)17-18-5-1-2-10-24(18,30)16-21-22(26)8-4-9-23(21)27/h3-4,6-9,15,18,30H,1-2,5,10-14,16-17H2. The molecule has 0 amide bonds. The predicted octanol–water partition coefficient (Wildman–Crippen LogP) is 5.42. The van der Waals surface area contributed by atoms with Gasteiger partial charge in [0.25, 0.3) is 0 Å². The fourth-order valence-electron chi connectivity index (χ4n) is 4.97. The summed E-state index contributed by atoms with van der Waals surface area (Å²) >= 11 is 12.4. The highest BCUT2D eigenvalue weighted by Gasteiger charge is 2.41. The van der Waals surface area contributed by atoms with Crippen molar-refractivity contribution in [1.82, 2.24) is 4.90 Å². The summed E-state index contributed by atoms with van der Waals surface area (Å²) in [6.45, 7) is 4.60. The van der Waals surface area contributed by atoms with Crippen LogP contribution in [0.2, 0.25) is 10.0 Å². The average molecular weight is 451 g/mol. The summed E-state index contributed by atoms with van der Waals surface area (Å²) in [7, 11) is 0. The number of anilines is 1. The van der Waals surface area contributed by atoms with Crippen LogP contribution in [0.5, 0.6) is 0 Å². The number of nitrogens with zero attached hydrogens (tertiary/aromatic N) is 2. The second-order valence-corrected chi connectivity index (χ2v) is 9.53. The first-order chi connectivity index (χ1) is 14.4. The third kappa shape index (κ3) is 4.94. The van der Waals surface area contributed by atoms with E-state index in [1.165, 1.54) is 6.07 Å². The molecule has 2 atom stereocenters. The highest BCUT2D eigenvalue weighted by atomic mass is 35.5. The molecular formula is C24H29Cl2FN2O. The Morgan fingerprint density at radius 2 is 1.80 bits per heavy atom. The van der Waals surface area contributed by atoms with Crippen LogP contribution in [0.4, 0.5) is 10.1 Å². The summed E-state index contributed by atoms with van der Waals surface area (Å²) in [5, 5.41) is 12.7. The van der Waals surface area contributed by atoms with Crippen LogP contribution in [-0.2, 0) is 6.42 Å². The van der Waals surface area contributed by atoms with Crippen molar-refractivity contribution in [3.8, 4) is 0 Å². The summed E-state index contributed by atoms with van der Waals surface area (Å²) in [6, 6.07) is 12.7. The maximum absolute atomic E-state index is 14.4. The van der Waals surface area contributed by atoms with Crippen LogP contribution >= 0.6 is 23.2 Å². The van der Waals surface area contributed by atoms with Gasteiger partial charge in [0.1, 0.15) is 5.82 Å². The summed E-state index contributed by atoms with van der Waals surface area (Å²) in [5.41, 5.74) is 0.693. The Morgan fingerprint density at radius 1 is 1.03 bits per heavy atom. The first-order valence-corrected chi connectivity index (χ1v) is 11.6. The van der Waals surface area contributed by atoms with Crippen molar-refractivity contribution in [3.05, 3.63) is 63.9 Å². The topological polar surface area (TPSA) is 26.7 Å². The van der Waals surface area contributed by atoms with Gasteiger partial charge in [-0.25, -0.2) is 4.39 Å². The minimum Gasteiger partial charge on any atom is -0.389 e. The van der Waals surface area contributed by atoms with Crippen molar-refractivity contribution in [2.75, 3.05) is 37.6 Å². The maximum atomic E-state index is 14.4. The molecule has 0 radical (unpaired) electrons. The molecule has 1 aliphatic carbocycles. The van der Waals surface area contributed by atoms with Gasteiger partial charge in [0.05, 0.1) is 5.60 Å². The number of hydrogen-bond acceptors (Lipinski definition) is 3. The van der Waals surface area contributed by atoms with Crippen LogP contribution in [0.15, 0.2) is 42.5 Å². The Balaban J connectivity index is 1.40. The first-order valence-electron chi connectivity index (χ1n) is 10.8. The van der Waals surface area contributed by atoms with Crippen LogP contribution in [0.1, 0.15) is 31.2 Å². The van der Waals surface area contributed by atoms with Gasteiger partial charge >= 0.3 is 0 Å². The highest BCUT2D eigenvalue weighted by Crippen LogP contribution is 2.39. The molecule has 2 unspecified atom stereocenters. The van der Waals surface area contributed by atoms with E-state index in [0.717, 1.165) is 62.7 Å². The van der Waals surface area contributed by atoms with Gasteiger partial charge < -0.3 is 10.0 Å². The van der Waals surface area contributed by atoms with E-state index in [9.17, 15) is 9.50 Å². The van der Waals surface area contributed by atoms with Crippen molar-refractivity contribution in [2.24, 2.45) is 5.92 Å². The summed E-state index contributed by atoms with van der Waals surface area (Å²) in [5.74, 6) is -0.199. The van der Waals surface area contributed by atoms with Gasteiger partial charge in [-0.2, -0.15) is 0 Å². The fourth-order valence-corrected chi connectivity index (χ4v) is 5.38. The molecule has 0 bridgehead atoms. The second kappa shape index (κ2) is 9.44. The second-order valence-electron chi connectivity index (χ2n) is 8.69. The Labute approximate surface area is 188 Å². The van der Waals surface area contributed by atoms with Crippen LogP contribution in [0, 0.1) is 11.7 Å². The van der Waals surface area contributed by atoms with Gasteiger partial charge in [0.15, 0.2) is 0 Å². The van der Waals surface area contributed by atoms with Crippen molar-refractivity contribution in [2.45, 2.75) is 37.7 Å². The average Bonchev–Trinajstić information content (AvgIpc) is 2.73. The monoisotopic (exact) mass is 450 g/mol. The lowest BCUT2D eigenvalue weighted by Crippen LogP contribution is -2.53. The van der Waals surface area contributed by atoms with Gasteiger partial charge in [-0.3, -0.25) is 4.90 Å². The number of piperazine rings is 1. The maximum Gasteiger partial charge on any atom is 0.127 e. The van der Waals surface area contributed by atoms with Gasteiger partial charge in [-0.05, 0) is 43.2 Å². The van der Waals surface area contributed by atoms with Gasteiger partial charge in [-0.15, -0.1) is 0 Å². The lowest BCUT2D eigenvalue weighted by Gasteiger charge is -2.44. The van der Waals surface area contributed by atoms with Crippen molar-refractivity contribution < 1.29 is 9.50 Å². The van der Waals surface area contributed by atoms with E-state index in [1.54, 1.807) is 12.1 Å². The number of halogens is 3.